The summed E-state index contributed by atoms with van der Waals surface area (Å²) in [5, 5.41) is 7.49. The Balaban J connectivity index is 0.000000563. The Labute approximate surface area is 86.8 Å². The maximum Gasteiger partial charge on any atom is 0.0561 e. The molecule has 0 unspecified atom stereocenters. The number of thiophene rings is 2. The van der Waals surface area contributed by atoms with Crippen LogP contribution < -0.4 is 0 Å². The minimum Gasteiger partial charge on any atom is -0.197 e. The molecule has 4 heteroatoms. The van der Waals surface area contributed by atoms with Crippen molar-refractivity contribution in [1.82, 2.24) is 0 Å². The van der Waals surface area contributed by atoms with Gasteiger partial charge in [0.25, 0.3) is 0 Å². The zero-order chi connectivity index (χ0) is 7.26. The van der Waals surface area contributed by atoms with E-state index in [2.05, 4.69) is 22.9 Å². The lowest BCUT2D eigenvalue weighted by Gasteiger charge is -1.72. The van der Waals surface area contributed by atoms with Gasteiger partial charge in [-0.3, -0.25) is 0 Å². The van der Waals surface area contributed by atoms with Gasteiger partial charge in [0.15, 0.2) is 0 Å². The summed E-state index contributed by atoms with van der Waals surface area (Å²) in [6.45, 7) is 0. The van der Waals surface area contributed by atoms with Crippen molar-refractivity contribution >= 4 is 64.0 Å². The highest BCUT2D eigenvalue weighted by Crippen LogP contribution is 2.43. The van der Waals surface area contributed by atoms with E-state index in [9.17, 15) is 0 Å². The molecule has 0 spiro atoms. The topological polar surface area (TPSA) is 0 Å². The smallest absolute Gasteiger partial charge is 0.0561 e. The molecule has 0 nitrogen and oxygen atoms in total. The lowest BCUT2D eigenvalue weighted by Crippen LogP contribution is -1.39. The third kappa shape index (κ3) is 1.05. The first kappa shape index (κ1) is 8.64. The van der Waals surface area contributed by atoms with Crippen molar-refractivity contribution < 1.29 is 0 Å². The van der Waals surface area contributed by atoms with Crippen LogP contribution in [-0.2, 0) is 0 Å². The Hall–Kier alpha value is 0.0500. The molecular weight excluding hydrogens is 223 g/mol. The predicted octanol–water partition coefficient (Wildman–Crippen LogP) is 4.26. The first-order valence-electron chi connectivity index (χ1n) is 3.37. The highest BCUT2D eigenvalue weighted by Gasteiger charge is 2.04. The minimum absolute atomic E-state index is 0. The van der Waals surface area contributed by atoms with Gasteiger partial charge in [-0.2, -0.15) is 13.5 Å². The number of hydrogen-bond donors (Lipinski definition) is 0. The lowest BCUT2D eigenvalue weighted by molar-refractivity contribution is 2.25. The van der Waals surface area contributed by atoms with Gasteiger partial charge in [0.1, 0.15) is 0 Å². The minimum atomic E-state index is 0. The zero-order valence-electron chi connectivity index (χ0n) is 6.13. The molecule has 0 atom stereocenters. The van der Waals surface area contributed by atoms with Gasteiger partial charge in [-0.25, -0.2) is 0 Å². The van der Waals surface area contributed by atoms with Crippen LogP contribution in [0, 0.1) is 0 Å². The molecule has 0 fully saturated rings. The van der Waals surface area contributed by atoms with Gasteiger partial charge in [0.05, 0.1) is 9.40 Å². The van der Waals surface area contributed by atoms with Gasteiger partial charge in [0, 0.05) is 10.2 Å². The summed E-state index contributed by atoms with van der Waals surface area (Å²) in [6, 6.07) is 4.51. The molecule has 3 aromatic rings. The molecule has 3 rings (SSSR count). The third-order valence-electron chi connectivity index (χ3n) is 1.81. The van der Waals surface area contributed by atoms with Crippen LogP contribution in [-0.4, -0.2) is 0 Å². The fourth-order valence-corrected chi connectivity index (χ4v) is 5.29. The predicted molar refractivity (Wildman–Crippen MR) is 67.1 cm³/mol. The van der Waals surface area contributed by atoms with Crippen molar-refractivity contribution in [3.05, 3.63) is 22.9 Å². The van der Waals surface area contributed by atoms with Crippen molar-refractivity contribution in [2.45, 2.75) is 0 Å². The van der Waals surface area contributed by atoms with E-state index < -0.39 is 0 Å². The monoisotopic (exact) mass is 230 g/mol. The van der Waals surface area contributed by atoms with E-state index in [1.165, 1.54) is 9.40 Å². The highest BCUT2D eigenvalue weighted by atomic mass is 32.1. The SMILES string of the molecule is S.c1cc2[pH]c3ccsc3c2s1. The molecule has 3 aromatic heterocycles. The van der Waals surface area contributed by atoms with Crippen molar-refractivity contribution in [2.75, 3.05) is 0 Å². The zero-order valence-corrected chi connectivity index (χ0v) is 9.76. The molecular formula is C8H7PS3. The van der Waals surface area contributed by atoms with Crippen LogP contribution in [0.4, 0.5) is 0 Å². The quantitative estimate of drug-likeness (QED) is 0.541. The van der Waals surface area contributed by atoms with Gasteiger partial charge in [0.2, 0.25) is 0 Å². The van der Waals surface area contributed by atoms with E-state index in [0.29, 0.717) is 0 Å². The second-order valence-electron chi connectivity index (χ2n) is 2.45. The summed E-state index contributed by atoms with van der Waals surface area (Å²) in [5.41, 5.74) is 0. The molecule has 62 valence electrons. The lowest BCUT2D eigenvalue weighted by atomic mass is 10.5. The summed E-state index contributed by atoms with van der Waals surface area (Å²) in [6.07, 6.45) is 0. The average Bonchev–Trinajstić information content (AvgIpc) is 2.52. The van der Waals surface area contributed by atoms with E-state index in [4.69, 9.17) is 0 Å². The molecule has 0 aliphatic carbocycles. The molecule has 0 saturated carbocycles. The van der Waals surface area contributed by atoms with Crippen LogP contribution in [0.3, 0.4) is 0 Å². The molecule has 0 bridgehead atoms. The van der Waals surface area contributed by atoms with Crippen molar-refractivity contribution in [1.29, 1.82) is 0 Å². The second kappa shape index (κ2) is 3.08. The summed E-state index contributed by atoms with van der Waals surface area (Å²) in [7, 11) is 0.921. The molecule has 12 heavy (non-hydrogen) atoms. The number of rotatable bonds is 0. The van der Waals surface area contributed by atoms with E-state index in [-0.39, 0.29) is 13.5 Å². The Morgan fingerprint density at radius 2 is 1.42 bits per heavy atom. The maximum absolute atomic E-state index is 2.26. The first-order chi connectivity index (χ1) is 5.45. The molecule has 0 saturated heterocycles. The fourth-order valence-electron chi connectivity index (χ4n) is 1.31. The summed E-state index contributed by atoms with van der Waals surface area (Å²) < 4.78 is 3.04. The Morgan fingerprint density at radius 3 is 1.92 bits per heavy atom. The molecule has 0 aromatic carbocycles. The van der Waals surface area contributed by atoms with E-state index >= 15 is 0 Å². The number of fused-ring (bicyclic) bond motifs is 3. The third-order valence-corrected chi connectivity index (χ3v) is 5.53. The van der Waals surface area contributed by atoms with Gasteiger partial charge < -0.3 is 0 Å². The van der Waals surface area contributed by atoms with E-state index in [1.807, 2.05) is 22.7 Å². The van der Waals surface area contributed by atoms with Gasteiger partial charge in [-0.15, -0.1) is 30.9 Å². The average molecular weight is 230 g/mol. The summed E-state index contributed by atoms with van der Waals surface area (Å²) in [4.78, 5) is 0. The van der Waals surface area contributed by atoms with Crippen LogP contribution in [0.15, 0.2) is 22.9 Å². The van der Waals surface area contributed by atoms with Crippen LogP contribution in [0.1, 0.15) is 0 Å². The van der Waals surface area contributed by atoms with E-state index in [0.717, 1.165) is 8.19 Å². The van der Waals surface area contributed by atoms with Crippen LogP contribution >= 0.6 is 44.4 Å². The van der Waals surface area contributed by atoms with Gasteiger partial charge >= 0.3 is 0 Å². The van der Waals surface area contributed by atoms with Gasteiger partial charge in [-0.05, 0) is 22.9 Å². The summed E-state index contributed by atoms with van der Waals surface area (Å²) in [5.74, 6) is 0. The van der Waals surface area contributed by atoms with Crippen molar-refractivity contribution in [3.63, 3.8) is 0 Å². The van der Waals surface area contributed by atoms with Crippen molar-refractivity contribution in [2.24, 2.45) is 0 Å². The van der Waals surface area contributed by atoms with Crippen molar-refractivity contribution in [3.8, 4) is 0 Å². The molecule has 0 amide bonds. The highest BCUT2D eigenvalue weighted by molar-refractivity contribution is 7.59. The van der Waals surface area contributed by atoms with Crippen LogP contribution in [0.25, 0.3) is 19.6 Å². The van der Waals surface area contributed by atoms with Crippen LogP contribution in [0.5, 0.6) is 0 Å². The molecule has 0 aliphatic rings. The Kier molecular flexibility index (Phi) is 2.21. The molecule has 0 aliphatic heterocycles. The molecule has 3 heterocycles. The van der Waals surface area contributed by atoms with E-state index in [1.54, 1.807) is 10.2 Å². The van der Waals surface area contributed by atoms with Gasteiger partial charge in [-0.1, -0.05) is 0 Å². The number of hydrogen-bond acceptors (Lipinski definition) is 2. The first-order valence-corrected chi connectivity index (χ1v) is 6.13. The largest absolute Gasteiger partial charge is 0.197 e. The Bertz CT molecular complexity index is 457. The summed E-state index contributed by atoms with van der Waals surface area (Å²) >= 11 is 3.75. The fraction of sp³-hybridized carbons (Fsp3) is 0. The second-order valence-corrected chi connectivity index (χ2v) is 5.61. The van der Waals surface area contributed by atoms with Crippen LogP contribution in [0.2, 0.25) is 0 Å². The standard InChI is InChI=1S/C8H5PS2.H2S/c1-3-10-7-5(1)9-6-2-4-11-8(6)7;/h1-4,9H;1H2. The maximum atomic E-state index is 2.26. The molecule has 0 N–H and O–H groups in total. The Morgan fingerprint density at radius 1 is 0.917 bits per heavy atom. The normalized spacial score (nSPS) is 10.7. The molecule has 0 radical (unpaired) electrons.